The number of phenolic OH excluding ortho intramolecular Hbond substituents is 1. The first-order valence-electron chi connectivity index (χ1n) is 29.9. The summed E-state index contributed by atoms with van der Waals surface area (Å²) in [4.78, 5) is 157. The molecule has 0 saturated heterocycles. The molecule has 8 atom stereocenters. The predicted molar refractivity (Wildman–Crippen MR) is 321 cm³/mol. The van der Waals surface area contributed by atoms with Gasteiger partial charge in [0.05, 0.1) is 48.0 Å². The number of amides is 7. The third kappa shape index (κ3) is 22.4. The van der Waals surface area contributed by atoms with E-state index < -0.39 is 137 Å². The van der Waals surface area contributed by atoms with E-state index in [2.05, 4.69) is 41.9 Å². The lowest BCUT2D eigenvalue weighted by molar-refractivity contribution is -0.139. The van der Waals surface area contributed by atoms with Crippen molar-refractivity contribution in [1.82, 2.24) is 36.9 Å². The Bertz CT molecular complexity index is 2910. The van der Waals surface area contributed by atoms with Gasteiger partial charge in [-0.05, 0) is 80.2 Å². The molecule has 2 aromatic carbocycles. The van der Waals surface area contributed by atoms with E-state index in [1.165, 1.54) is 46.9 Å². The van der Waals surface area contributed by atoms with Crippen LogP contribution in [0.4, 0.5) is 0 Å². The Morgan fingerprint density at radius 1 is 0.686 bits per heavy atom. The van der Waals surface area contributed by atoms with Crippen LogP contribution in [-0.4, -0.2) is 136 Å². The molecular weight excluding hydrogens is 1110 g/mol. The largest absolute Gasteiger partial charge is 0.508 e. The average Bonchev–Trinajstić information content (AvgIpc) is 3.12. The van der Waals surface area contributed by atoms with Crippen molar-refractivity contribution in [3.63, 3.8) is 0 Å². The maximum absolute atomic E-state index is 14.3. The van der Waals surface area contributed by atoms with Gasteiger partial charge >= 0.3 is 0 Å². The fraction of sp³-hybridized carbons (Fsp3) is 0.581. The number of guanidine groups is 1. The minimum Gasteiger partial charge on any atom is -0.508 e. The molecule has 470 valence electrons. The number of carbonyl (C=O) groups excluding carboxylic acids is 11. The molecule has 24 nitrogen and oxygen atoms in total. The predicted octanol–water partition coefficient (Wildman–Crippen LogP) is 2.41. The quantitative estimate of drug-likeness (QED) is 0.0224. The van der Waals surface area contributed by atoms with Gasteiger partial charge in [-0.2, -0.15) is 0 Å². The van der Waals surface area contributed by atoms with E-state index in [1.807, 2.05) is 24.3 Å². The number of aliphatic hydroxyl groups excluding tert-OH is 1. The van der Waals surface area contributed by atoms with Crippen LogP contribution < -0.4 is 49.1 Å². The molecule has 7 amide bonds. The average molecular weight is 1200 g/mol. The van der Waals surface area contributed by atoms with Crippen molar-refractivity contribution >= 4 is 81.3 Å². The number of aromatic hydroxyl groups is 1. The lowest BCUT2D eigenvalue weighted by Crippen LogP contribution is -2.52. The molecule has 86 heavy (non-hydrogen) atoms. The summed E-state index contributed by atoms with van der Waals surface area (Å²) in [5.74, 6) is -9.51. The summed E-state index contributed by atoms with van der Waals surface area (Å²) in [6, 6.07) is 7.56. The second kappa shape index (κ2) is 33.0. The molecule has 5 rings (SSSR count). The number of benzene rings is 2. The Labute approximate surface area is 501 Å². The molecule has 3 aromatic rings. The van der Waals surface area contributed by atoms with Crippen molar-refractivity contribution in [1.29, 1.82) is 0 Å². The van der Waals surface area contributed by atoms with Crippen LogP contribution in [0, 0.1) is 29.1 Å². The van der Waals surface area contributed by atoms with E-state index in [4.69, 9.17) is 17.2 Å². The number of primary amides is 2. The molecule has 2 aliphatic carbocycles. The summed E-state index contributed by atoms with van der Waals surface area (Å²) < 4.78 is 0. The van der Waals surface area contributed by atoms with Crippen molar-refractivity contribution in [3.05, 3.63) is 65.9 Å². The van der Waals surface area contributed by atoms with Crippen LogP contribution >= 0.6 is 0 Å². The van der Waals surface area contributed by atoms with E-state index in [-0.39, 0.29) is 68.5 Å². The highest BCUT2D eigenvalue weighted by molar-refractivity contribution is 6.00. The Kier molecular flexibility index (Phi) is 26.4. The van der Waals surface area contributed by atoms with Gasteiger partial charge in [0.2, 0.25) is 41.4 Å². The Balaban J connectivity index is 1.25. The highest BCUT2D eigenvalue weighted by Crippen LogP contribution is 2.35. The number of H-pyrrole nitrogens is 1. The van der Waals surface area contributed by atoms with E-state index in [0.29, 0.717) is 24.9 Å². The minimum absolute atomic E-state index is 0.000680. The molecule has 2 aliphatic rings. The molecule has 1 heterocycles. The zero-order chi connectivity index (χ0) is 63.3. The van der Waals surface area contributed by atoms with Crippen molar-refractivity contribution in [3.8, 4) is 5.75 Å². The molecule has 2 saturated carbocycles. The van der Waals surface area contributed by atoms with E-state index in [0.717, 1.165) is 61.4 Å². The van der Waals surface area contributed by atoms with Gasteiger partial charge < -0.3 is 64.3 Å². The summed E-state index contributed by atoms with van der Waals surface area (Å²) in [5.41, 5.74) is 17.9. The lowest BCUT2D eigenvalue weighted by atomic mass is 9.82. The van der Waals surface area contributed by atoms with Gasteiger partial charge in [0, 0.05) is 82.1 Å². The summed E-state index contributed by atoms with van der Waals surface area (Å²) in [6.45, 7) is 5.70. The highest BCUT2D eigenvalue weighted by atomic mass is 16.3. The monoisotopic (exact) mass is 1200 g/mol. The van der Waals surface area contributed by atoms with E-state index >= 15 is 0 Å². The van der Waals surface area contributed by atoms with Gasteiger partial charge in [-0.15, -0.1) is 0 Å². The van der Waals surface area contributed by atoms with E-state index in [9.17, 15) is 63.0 Å². The van der Waals surface area contributed by atoms with Crippen LogP contribution in [0.1, 0.15) is 148 Å². The van der Waals surface area contributed by atoms with Crippen LogP contribution in [0.25, 0.3) is 10.9 Å². The number of phenols is 1. The summed E-state index contributed by atoms with van der Waals surface area (Å²) >= 11 is 0. The zero-order valence-electron chi connectivity index (χ0n) is 50.2. The van der Waals surface area contributed by atoms with Crippen molar-refractivity contribution < 1.29 is 63.0 Å². The summed E-state index contributed by atoms with van der Waals surface area (Å²) in [5, 5.41) is 38.0. The van der Waals surface area contributed by atoms with Crippen LogP contribution in [0.15, 0.2) is 59.7 Å². The Hall–Kier alpha value is -8.02. The molecule has 0 bridgehead atoms. The van der Waals surface area contributed by atoms with Gasteiger partial charge in [-0.3, -0.25) is 57.7 Å². The number of nitrogens with two attached hydrogens (primary N) is 3. The zero-order valence-corrected chi connectivity index (χ0v) is 50.2. The van der Waals surface area contributed by atoms with Crippen molar-refractivity contribution in [2.24, 2.45) is 51.3 Å². The lowest BCUT2D eigenvalue weighted by Gasteiger charge is -2.30. The Morgan fingerprint density at radius 3 is 1.93 bits per heavy atom. The number of rotatable bonds is 37. The highest BCUT2D eigenvalue weighted by Gasteiger charge is 2.39. The van der Waals surface area contributed by atoms with Gasteiger partial charge in [0.25, 0.3) is 0 Å². The molecule has 0 unspecified atom stereocenters. The topological polar surface area (TPSA) is 407 Å². The Morgan fingerprint density at radius 2 is 1.31 bits per heavy atom. The normalized spacial score (nSPS) is 16.6. The number of hydrogen-bond donors (Lipinski definition) is 12. The number of hydrogen-bond acceptors (Lipinski definition) is 14. The van der Waals surface area contributed by atoms with Crippen LogP contribution in [0.5, 0.6) is 5.75 Å². The number of nitrogens with zero attached hydrogens (tertiary/aromatic N) is 1. The third-order valence-corrected chi connectivity index (χ3v) is 16.3. The molecule has 0 aliphatic heterocycles. The fourth-order valence-electron chi connectivity index (χ4n) is 11.0. The standard InChI is InChI=1S/C62H89N11O13/c1-35(74)44(31-53(79)49(32-55(63)81)73-60(86)62(3,4)33-54(80)48(69-36(2)75)28-39-19-21-42(76)22-20-39)59(85)71-46(26-37-12-7-6-8-13-37)51(77)23-24-56(82)70-47(27-38-17-18-38)52(78)30-40(14-11-25-67-61(65)66-5)58(84)72-50(57(64)83)29-41-34-68-45-16-10-9-15-43(41)45/h9-10,15-16,19-22,34-35,37-38,40,44,46-50,68,74,76H,6-8,11-14,17-18,23-33H2,1-5H3,(H2,63,81)(H2,64,83)(H,69,75)(H,70,82)(H,71,85)(H,72,84)(H,73,86)(H3,65,66,67)/t35-,40-,44+,46+,47+,48-,49+,50+/m1/s1. The molecule has 0 radical (unpaired) electrons. The van der Waals surface area contributed by atoms with Crippen LogP contribution in [-0.2, 0) is 65.6 Å². The number of aliphatic imine (C=N–C) groups is 1. The number of carbonyl (C=O) groups is 11. The number of nitrogens with one attached hydrogen (secondary N) is 7. The van der Waals surface area contributed by atoms with Crippen molar-refractivity contribution in [2.45, 2.75) is 186 Å². The molecule has 2 fully saturated rings. The number of aromatic nitrogens is 1. The maximum atomic E-state index is 14.3. The first kappa shape index (κ1) is 68.8. The molecular formula is C62H89N11O13. The smallest absolute Gasteiger partial charge is 0.240 e. The second-order valence-electron chi connectivity index (χ2n) is 24.0. The number of Topliss-reactive ketones (excluding diaryl/α,β-unsaturated/α-hetero) is 4. The van der Waals surface area contributed by atoms with Crippen molar-refractivity contribution in [2.75, 3.05) is 13.6 Å². The number of para-hydroxylation sites is 1. The first-order valence-corrected chi connectivity index (χ1v) is 29.9. The number of fused-ring (bicyclic) bond motifs is 1. The van der Waals surface area contributed by atoms with E-state index in [1.54, 1.807) is 18.3 Å². The SMILES string of the molecule is CN=C(N)NCCC[C@H](CC(=O)[C@H](CC1CC1)NC(=O)CCC(=O)[C@H](CC1CCCCC1)NC(=O)[C@@H](CC(=O)[C@H](CC(N)=O)NC(=O)C(C)(C)CC(=O)[C@@H](Cc1ccc(O)cc1)NC(C)=O)[C@@H](C)O)C(=O)N[C@@H](Cc1c[nH]c2ccccc12)C(N)=O. The first-order chi connectivity index (χ1) is 40.7. The molecule has 15 N–H and O–H groups in total. The van der Waals surface area contributed by atoms with Gasteiger partial charge in [0.15, 0.2) is 29.1 Å². The fourth-order valence-corrected chi connectivity index (χ4v) is 11.0. The molecule has 1 aromatic heterocycles. The van der Waals surface area contributed by atoms with Gasteiger partial charge in [-0.25, -0.2) is 0 Å². The number of ketones is 4. The van der Waals surface area contributed by atoms with Gasteiger partial charge in [-0.1, -0.05) is 89.1 Å². The number of aromatic amines is 1. The maximum Gasteiger partial charge on any atom is 0.240 e. The second-order valence-corrected chi connectivity index (χ2v) is 24.0. The summed E-state index contributed by atoms with van der Waals surface area (Å²) in [6.07, 6.45) is 4.64. The number of aliphatic hydroxyl groups is 1. The third-order valence-electron chi connectivity index (χ3n) is 16.3. The van der Waals surface area contributed by atoms with Gasteiger partial charge in [0.1, 0.15) is 11.8 Å². The summed E-state index contributed by atoms with van der Waals surface area (Å²) in [7, 11) is 1.52. The molecule has 24 heteroatoms. The minimum atomic E-state index is -1.60. The molecule has 0 spiro atoms. The van der Waals surface area contributed by atoms with Crippen LogP contribution in [0.2, 0.25) is 0 Å². The van der Waals surface area contributed by atoms with Crippen LogP contribution in [0.3, 0.4) is 0 Å².